The van der Waals surface area contributed by atoms with Crippen molar-refractivity contribution in [3.05, 3.63) is 47.6 Å². The monoisotopic (exact) mass is 219 g/mol. The molecule has 2 rings (SSSR count). The molecule has 0 fully saturated rings. The Bertz CT molecular complexity index is 457. The van der Waals surface area contributed by atoms with Gasteiger partial charge in [-0.25, -0.2) is 4.98 Å². The van der Waals surface area contributed by atoms with Gasteiger partial charge >= 0.3 is 0 Å². The van der Waals surface area contributed by atoms with Crippen molar-refractivity contribution in [2.45, 2.75) is 0 Å². The molecule has 0 amide bonds. The lowest BCUT2D eigenvalue weighted by Gasteiger charge is -2.06. The van der Waals surface area contributed by atoms with Crippen molar-refractivity contribution >= 4 is 28.8 Å². The van der Waals surface area contributed by atoms with E-state index in [0.717, 1.165) is 11.5 Å². The molecule has 0 aliphatic rings. The predicted octanol–water partition coefficient (Wildman–Crippen LogP) is 3.06. The topological polar surface area (TPSA) is 50.9 Å². The van der Waals surface area contributed by atoms with Crippen molar-refractivity contribution in [1.82, 2.24) is 4.98 Å². The van der Waals surface area contributed by atoms with E-state index in [-0.39, 0.29) is 0 Å². The number of nitrogens with two attached hydrogens (primary N) is 1. The number of pyridine rings is 1. The van der Waals surface area contributed by atoms with Crippen LogP contribution in [-0.2, 0) is 0 Å². The Labute approximate surface area is 92.9 Å². The fourth-order valence-electron chi connectivity index (χ4n) is 1.19. The summed E-state index contributed by atoms with van der Waals surface area (Å²) in [6.07, 6.45) is 1.72. The van der Waals surface area contributed by atoms with E-state index in [2.05, 4.69) is 10.3 Å². The van der Waals surface area contributed by atoms with Crippen LogP contribution in [0.2, 0.25) is 5.02 Å². The number of nitrogens with zero attached hydrogens (tertiary/aromatic N) is 1. The number of nitrogens with one attached hydrogen (secondary N) is 1. The molecular weight excluding hydrogens is 210 g/mol. The van der Waals surface area contributed by atoms with E-state index in [9.17, 15) is 0 Å². The minimum atomic E-state index is 0.538. The molecule has 4 heteroatoms. The fraction of sp³-hybridized carbons (Fsp3) is 0. The van der Waals surface area contributed by atoms with Gasteiger partial charge in [-0.2, -0.15) is 0 Å². The fourth-order valence-corrected chi connectivity index (χ4v) is 1.37. The zero-order valence-electron chi connectivity index (χ0n) is 7.94. The summed E-state index contributed by atoms with van der Waals surface area (Å²) in [4.78, 5) is 4.14. The Morgan fingerprint density at radius 1 is 1.20 bits per heavy atom. The number of aromatic nitrogens is 1. The molecule has 3 nitrogen and oxygen atoms in total. The van der Waals surface area contributed by atoms with Crippen LogP contribution in [0, 0.1) is 0 Å². The first-order valence-corrected chi connectivity index (χ1v) is 4.86. The van der Waals surface area contributed by atoms with Gasteiger partial charge in [0, 0.05) is 11.9 Å². The van der Waals surface area contributed by atoms with Crippen molar-refractivity contribution in [3.8, 4) is 0 Å². The first-order chi connectivity index (χ1) is 7.25. The van der Waals surface area contributed by atoms with Crippen molar-refractivity contribution in [2.24, 2.45) is 0 Å². The summed E-state index contributed by atoms with van der Waals surface area (Å²) in [5, 5.41) is 3.66. The largest absolute Gasteiger partial charge is 0.398 e. The minimum Gasteiger partial charge on any atom is -0.398 e. The molecule has 0 saturated carbocycles. The van der Waals surface area contributed by atoms with Gasteiger partial charge in [0.2, 0.25) is 0 Å². The van der Waals surface area contributed by atoms with Gasteiger partial charge in [0.15, 0.2) is 0 Å². The second kappa shape index (κ2) is 4.19. The average molecular weight is 220 g/mol. The van der Waals surface area contributed by atoms with Gasteiger partial charge in [0.1, 0.15) is 5.82 Å². The summed E-state index contributed by atoms with van der Waals surface area (Å²) in [6.45, 7) is 0. The Balaban J connectivity index is 2.22. The molecule has 0 radical (unpaired) electrons. The van der Waals surface area contributed by atoms with E-state index in [1.54, 1.807) is 18.3 Å². The third kappa shape index (κ3) is 2.39. The Kier molecular flexibility index (Phi) is 2.74. The van der Waals surface area contributed by atoms with Crippen LogP contribution in [0.15, 0.2) is 42.6 Å². The molecule has 15 heavy (non-hydrogen) atoms. The molecule has 3 N–H and O–H groups in total. The maximum absolute atomic E-state index is 5.89. The Morgan fingerprint density at radius 3 is 2.73 bits per heavy atom. The number of benzene rings is 1. The molecule has 0 saturated heterocycles. The Morgan fingerprint density at radius 2 is 2.07 bits per heavy atom. The van der Waals surface area contributed by atoms with E-state index in [4.69, 9.17) is 17.3 Å². The van der Waals surface area contributed by atoms with Crippen LogP contribution in [0.5, 0.6) is 0 Å². The number of rotatable bonds is 2. The van der Waals surface area contributed by atoms with Gasteiger partial charge in [0.05, 0.1) is 10.7 Å². The molecule has 0 unspecified atom stereocenters. The predicted molar refractivity (Wildman–Crippen MR) is 63.4 cm³/mol. The smallest absolute Gasteiger partial charge is 0.130 e. The zero-order chi connectivity index (χ0) is 10.7. The number of halogens is 1. The first kappa shape index (κ1) is 9.80. The van der Waals surface area contributed by atoms with E-state index in [1.165, 1.54) is 0 Å². The lowest BCUT2D eigenvalue weighted by atomic mass is 10.3. The highest BCUT2D eigenvalue weighted by atomic mass is 35.5. The van der Waals surface area contributed by atoms with E-state index in [0.29, 0.717) is 10.7 Å². The molecule has 0 aliphatic carbocycles. The molecule has 1 aromatic carbocycles. The molecule has 0 spiro atoms. The maximum Gasteiger partial charge on any atom is 0.130 e. The van der Waals surface area contributed by atoms with Gasteiger partial charge in [-0.15, -0.1) is 0 Å². The van der Waals surface area contributed by atoms with Crippen LogP contribution in [0.1, 0.15) is 0 Å². The lowest BCUT2D eigenvalue weighted by molar-refractivity contribution is 1.31. The highest BCUT2D eigenvalue weighted by molar-refractivity contribution is 6.33. The quantitative estimate of drug-likeness (QED) is 0.764. The van der Waals surface area contributed by atoms with Gasteiger partial charge in [-0.1, -0.05) is 17.7 Å². The molecular formula is C11H10ClN3. The maximum atomic E-state index is 5.89. The number of anilines is 3. The van der Waals surface area contributed by atoms with Gasteiger partial charge in [0.25, 0.3) is 0 Å². The molecule has 1 heterocycles. The summed E-state index contributed by atoms with van der Waals surface area (Å²) in [5.74, 6) is 0.776. The van der Waals surface area contributed by atoms with Crippen molar-refractivity contribution in [1.29, 1.82) is 0 Å². The zero-order valence-corrected chi connectivity index (χ0v) is 8.70. The molecule has 0 atom stereocenters. The molecule has 2 aromatic rings. The van der Waals surface area contributed by atoms with Gasteiger partial charge in [-0.3, -0.25) is 0 Å². The second-order valence-corrected chi connectivity index (χ2v) is 3.48. The van der Waals surface area contributed by atoms with E-state index >= 15 is 0 Å². The SMILES string of the molecule is Nc1ccc(Nc2ccccn2)cc1Cl. The number of hydrogen-bond acceptors (Lipinski definition) is 3. The summed E-state index contributed by atoms with van der Waals surface area (Å²) >= 11 is 5.89. The van der Waals surface area contributed by atoms with Crippen molar-refractivity contribution < 1.29 is 0 Å². The Hall–Kier alpha value is -1.74. The van der Waals surface area contributed by atoms with E-state index in [1.807, 2.05) is 24.3 Å². The summed E-state index contributed by atoms with van der Waals surface area (Å²) in [6, 6.07) is 11.0. The second-order valence-electron chi connectivity index (χ2n) is 3.08. The van der Waals surface area contributed by atoms with E-state index < -0.39 is 0 Å². The van der Waals surface area contributed by atoms with Crippen molar-refractivity contribution in [2.75, 3.05) is 11.1 Å². The standard InChI is InChI=1S/C11H10ClN3/c12-9-7-8(4-5-10(9)13)15-11-3-1-2-6-14-11/h1-7H,13H2,(H,14,15). The van der Waals surface area contributed by atoms with Crippen LogP contribution < -0.4 is 11.1 Å². The van der Waals surface area contributed by atoms with Crippen molar-refractivity contribution in [3.63, 3.8) is 0 Å². The summed E-state index contributed by atoms with van der Waals surface area (Å²) in [5.41, 5.74) is 7.05. The number of hydrogen-bond donors (Lipinski definition) is 2. The van der Waals surface area contributed by atoms with Crippen LogP contribution in [0.25, 0.3) is 0 Å². The van der Waals surface area contributed by atoms with Gasteiger partial charge < -0.3 is 11.1 Å². The normalized spacial score (nSPS) is 9.93. The first-order valence-electron chi connectivity index (χ1n) is 4.49. The highest BCUT2D eigenvalue weighted by Crippen LogP contribution is 2.24. The van der Waals surface area contributed by atoms with Crippen LogP contribution in [0.3, 0.4) is 0 Å². The third-order valence-corrected chi connectivity index (χ3v) is 2.27. The van der Waals surface area contributed by atoms with Crippen LogP contribution in [0.4, 0.5) is 17.2 Å². The van der Waals surface area contributed by atoms with Crippen LogP contribution in [-0.4, -0.2) is 4.98 Å². The average Bonchev–Trinajstić information content (AvgIpc) is 2.25. The van der Waals surface area contributed by atoms with Crippen LogP contribution >= 0.6 is 11.6 Å². The molecule has 0 bridgehead atoms. The number of nitrogen functional groups attached to an aromatic ring is 1. The van der Waals surface area contributed by atoms with Gasteiger partial charge in [-0.05, 0) is 30.3 Å². The third-order valence-electron chi connectivity index (χ3n) is 1.94. The summed E-state index contributed by atoms with van der Waals surface area (Å²) < 4.78 is 0. The molecule has 0 aliphatic heterocycles. The lowest BCUT2D eigenvalue weighted by Crippen LogP contribution is -1.93. The summed E-state index contributed by atoms with van der Waals surface area (Å²) in [7, 11) is 0. The minimum absolute atomic E-state index is 0.538. The molecule has 1 aromatic heterocycles. The highest BCUT2D eigenvalue weighted by Gasteiger charge is 1.98. The molecule has 76 valence electrons.